The molecule has 1 N–H and O–H groups in total. The first kappa shape index (κ1) is 13.4. The van der Waals surface area contributed by atoms with Crippen LogP contribution >= 0.6 is 0 Å². The lowest BCUT2D eigenvalue weighted by molar-refractivity contribution is -0.137. The zero-order valence-corrected chi connectivity index (χ0v) is 8.65. The third kappa shape index (κ3) is 6.86. The van der Waals surface area contributed by atoms with Crippen molar-refractivity contribution in [2.75, 3.05) is 39.8 Å². The zero-order chi connectivity index (χ0) is 11.0. The maximum Gasteiger partial charge on any atom is 0.304 e. The Bertz CT molecular complexity index is 162. The molecule has 0 aliphatic heterocycles. The summed E-state index contributed by atoms with van der Waals surface area (Å²) in [6.07, 6.45) is 0.129. The number of hydrogen-bond donors (Lipinski definition) is 1. The molecule has 0 heterocycles. The van der Waals surface area contributed by atoms with Crippen molar-refractivity contribution in [3.05, 3.63) is 13.8 Å². The van der Waals surface area contributed by atoms with E-state index in [0.717, 1.165) is 13.1 Å². The number of nitrogens with zero attached hydrogens (tertiary/aromatic N) is 2. The highest BCUT2D eigenvalue weighted by Crippen LogP contribution is 1.92. The average Bonchev–Trinajstić information content (AvgIpc) is 2.17. The predicted molar refractivity (Wildman–Crippen MR) is 54.8 cm³/mol. The van der Waals surface area contributed by atoms with Crippen molar-refractivity contribution in [3.8, 4) is 0 Å². The van der Waals surface area contributed by atoms with Crippen molar-refractivity contribution in [2.45, 2.75) is 6.42 Å². The van der Waals surface area contributed by atoms with Gasteiger partial charge in [-0.1, -0.05) is 0 Å². The minimum Gasteiger partial charge on any atom is -0.481 e. The molecule has 0 aliphatic rings. The molecule has 4 nitrogen and oxygen atoms in total. The molecule has 0 fully saturated rings. The van der Waals surface area contributed by atoms with E-state index in [1.807, 2.05) is 16.8 Å². The number of aliphatic carboxylic acids is 1. The number of carboxylic acid groups (broad SMARTS) is 1. The summed E-state index contributed by atoms with van der Waals surface area (Å²) < 4.78 is 0. The summed E-state index contributed by atoms with van der Waals surface area (Å²) in [5, 5.41) is 8.48. The van der Waals surface area contributed by atoms with E-state index in [0.29, 0.717) is 19.6 Å². The molecule has 0 saturated heterocycles. The normalized spacial score (nSPS) is 11.2. The van der Waals surface area contributed by atoms with Crippen LogP contribution in [-0.4, -0.2) is 60.6 Å². The fourth-order valence-electron chi connectivity index (χ4n) is 0.952. The van der Waals surface area contributed by atoms with Gasteiger partial charge < -0.3 is 14.9 Å². The Hall–Kier alpha value is -0.610. The van der Waals surface area contributed by atoms with Crippen LogP contribution in [0.25, 0.3) is 0 Å². The molecule has 4 radical (unpaired) electrons. The van der Waals surface area contributed by atoms with Crippen molar-refractivity contribution in [1.82, 2.24) is 9.80 Å². The molecule has 4 heteroatoms. The molecule has 0 aromatic heterocycles. The maximum absolute atomic E-state index is 10.3. The molecule has 0 rings (SSSR count). The summed E-state index contributed by atoms with van der Waals surface area (Å²) in [7, 11) is 1.91. The molecule has 0 amide bonds. The van der Waals surface area contributed by atoms with E-state index in [-0.39, 0.29) is 6.42 Å². The van der Waals surface area contributed by atoms with Crippen molar-refractivity contribution in [3.63, 3.8) is 0 Å². The highest BCUT2D eigenvalue weighted by molar-refractivity contribution is 5.66. The van der Waals surface area contributed by atoms with Crippen LogP contribution in [0.15, 0.2) is 0 Å². The van der Waals surface area contributed by atoms with Crippen molar-refractivity contribution < 1.29 is 9.90 Å². The lowest BCUT2D eigenvalue weighted by Crippen LogP contribution is -2.34. The van der Waals surface area contributed by atoms with E-state index < -0.39 is 5.97 Å². The number of rotatable bonds is 8. The largest absolute Gasteiger partial charge is 0.481 e. The molecule has 0 bridgehead atoms. The van der Waals surface area contributed by atoms with Gasteiger partial charge in [0, 0.05) is 32.7 Å². The van der Waals surface area contributed by atoms with Crippen LogP contribution in [0.3, 0.4) is 0 Å². The second kappa shape index (κ2) is 7.76. The van der Waals surface area contributed by atoms with Crippen LogP contribution in [0, 0.1) is 13.8 Å². The first-order valence-electron chi connectivity index (χ1n) is 4.63. The van der Waals surface area contributed by atoms with Crippen molar-refractivity contribution in [2.24, 2.45) is 0 Å². The topological polar surface area (TPSA) is 43.8 Å². The Morgan fingerprint density at radius 2 is 1.86 bits per heavy atom. The summed E-state index contributed by atoms with van der Waals surface area (Å²) in [5.74, 6) is -0.796. The average molecular weight is 198 g/mol. The monoisotopic (exact) mass is 198 g/mol. The SMILES string of the molecule is [CH]CN(C)CCN(C[CH])CCC(=O)O. The van der Waals surface area contributed by atoms with E-state index in [1.165, 1.54) is 0 Å². The van der Waals surface area contributed by atoms with Crippen LogP contribution in [0.4, 0.5) is 0 Å². The number of carboxylic acids is 1. The predicted octanol–water partition coefficient (Wildman–Crippen LogP) is 0.117. The van der Waals surface area contributed by atoms with Crippen LogP contribution in [0.1, 0.15) is 6.42 Å². The second-order valence-electron chi connectivity index (χ2n) is 3.21. The number of hydrogen-bond acceptors (Lipinski definition) is 3. The highest BCUT2D eigenvalue weighted by Gasteiger charge is 2.05. The quantitative estimate of drug-likeness (QED) is 0.601. The summed E-state index contributed by atoms with van der Waals surface area (Å²) in [6.45, 7) is 13.8. The fourth-order valence-corrected chi connectivity index (χ4v) is 0.952. The van der Waals surface area contributed by atoms with Crippen LogP contribution in [0.2, 0.25) is 0 Å². The van der Waals surface area contributed by atoms with Gasteiger partial charge in [0.15, 0.2) is 0 Å². The highest BCUT2D eigenvalue weighted by atomic mass is 16.4. The Labute approximate surface area is 86.5 Å². The molecule has 0 aromatic carbocycles. The van der Waals surface area contributed by atoms with Gasteiger partial charge in [0.1, 0.15) is 0 Å². The summed E-state index contributed by atoms with van der Waals surface area (Å²) >= 11 is 0. The summed E-state index contributed by atoms with van der Waals surface area (Å²) in [6, 6.07) is 0. The van der Waals surface area contributed by atoms with E-state index in [9.17, 15) is 4.79 Å². The molecule has 0 atom stereocenters. The molecular formula is C10H18N2O2. The molecule has 0 aliphatic carbocycles. The van der Waals surface area contributed by atoms with Crippen LogP contribution in [-0.2, 0) is 4.79 Å². The zero-order valence-electron chi connectivity index (χ0n) is 8.65. The third-order valence-electron chi connectivity index (χ3n) is 2.01. The summed E-state index contributed by atoms with van der Waals surface area (Å²) in [4.78, 5) is 14.2. The van der Waals surface area contributed by atoms with E-state index in [2.05, 4.69) is 0 Å². The third-order valence-corrected chi connectivity index (χ3v) is 2.01. The molecular weight excluding hydrogens is 180 g/mol. The van der Waals surface area contributed by atoms with Gasteiger partial charge in [0.25, 0.3) is 0 Å². The molecule has 0 saturated carbocycles. The van der Waals surface area contributed by atoms with Crippen LogP contribution < -0.4 is 0 Å². The molecule has 0 unspecified atom stereocenters. The van der Waals surface area contributed by atoms with Gasteiger partial charge in [-0.2, -0.15) is 0 Å². The number of likely N-dealkylation sites (N-methyl/N-ethyl adjacent to an activating group) is 1. The van der Waals surface area contributed by atoms with Crippen molar-refractivity contribution in [1.29, 1.82) is 0 Å². The molecule has 0 spiro atoms. The molecule has 14 heavy (non-hydrogen) atoms. The van der Waals surface area contributed by atoms with Gasteiger partial charge in [-0.25, -0.2) is 0 Å². The summed E-state index contributed by atoms with van der Waals surface area (Å²) in [5.41, 5.74) is 0. The van der Waals surface area contributed by atoms with E-state index >= 15 is 0 Å². The molecule has 0 aromatic rings. The Balaban J connectivity index is 3.62. The molecule has 80 valence electrons. The van der Waals surface area contributed by atoms with Crippen LogP contribution in [0.5, 0.6) is 0 Å². The fraction of sp³-hybridized carbons (Fsp3) is 0.700. The first-order valence-corrected chi connectivity index (χ1v) is 4.63. The van der Waals surface area contributed by atoms with Gasteiger partial charge in [0.05, 0.1) is 6.42 Å². The minimum atomic E-state index is -0.796. The van der Waals surface area contributed by atoms with Gasteiger partial charge in [-0.15, -0.1) is 0 Å². The van der Waals surface area contributed by atoms with E-state index in [4.69, 9.17) is 19.0 Å². The lowest BCUT2D eigenvalue weighted by atomic mass is 10.3. The first-order chi connectivity index (χ1) is 6.60. The smallest absolute Gasteiger partial charge is 0.304 e. The standard InChI is InChI=1S/C10H18N2O2/c1-4-11(3)8-9-12(5-2)7-6-10(13)14/h1-2H,4-9H2,3H3,(H,13,14). The van der Waals surface area contributed by atoms with Gasteiger partial charge in [-0.3, -0.25) is 4.79 Å². The Morgan fingerprint density at radius 1 is 1.21 bits per heavy atom. The minimum absolute atomic E-state index is 0.129. The Kier molecular flexibility index (Phi) is 7.42. The van der Waals surface area contributed by atoms with Gasteiger partial charge in [0.2, 0.25) is 0 Å². The number of carbonyl (C=O) groups is 1. The van der Waals surface area contributed by atoms with Gasteiger partial charge in [-0.05, 0) is 20.9 Å². The van der Waals surface area contributed by atoms with Gasteiger partial charge >= 0.3 is 5.97 Å². The maximum atomic E-state index is 10.3. The second-order valence-corrected chi connectivity index (χ2v) is 3.21. The lowest BCUT2D eigenvalue weighted by Gasteiger charge is -2.22. The Morgan fingerprint density at radius 3 is 2.29 bits per heavy atom. The van der Waals surface area contributed by atoms with Crippen molar-refractivity contribution >= 4 is 5.97 Å². The van der Waals surface area contributed by atoms with E-state index in [1.54, 1.807) is 0 Å².